The van der Waals surface area contributed by atoms with E-state index in [1.54, 1.807) is 18.2 Å². The lowest BCUT2D eigenvalue weighted by atomic mass is 9.47. The molecule has 2 amide bonds. The molecule has 4 aliphatic rings. The van der Waals surface area contributed by atoms with Gasteiger partial charge in [-0.15, -0.1) is 0 Å². The van der Waals surface area contributed by atoms with Crippen molar-refractivity contribution in [2.45, 2.75) is 51.0 Å². The van der Waals surface area contributed by atoms with E-state index in [1.807, 2.05) is 0 Å². The maximum atomic E-state index is 13.1. The molecule has 1 aromatic rings. The van der Waals surface area contributed by atoms with Crippen molar-refractivity contribution in [2.24, 2.45) is 17.3 Å². The summed E-state index contributed by atoms with van der Waals surface area (Å²) in [7, 11) is 1.50. The van der Waals surface area contributed by atoms with Gasteiger partial charge >= 0.3 is 5.97 Å². The van der Waals surface area contributed by atoms with Crippen molar-refractivity contribution in [1.29, 1.82) is 0 Å². The topological polar surface area (TPSA) is 93.7 Å². The zero-order valence-electron chi connectivity index (χ0n) is 17.3. The second-order valence-corrected chi connectivity index (χ2v) is 9.61. The zero-order valence-corrected chi connectivity index (χ0v) is 18.0. The fourth-order valence-electron chi connectivity index (χ4n) is 6.27. The van der Waals surface area contributed by atoms with E-state index < -0.39 is 11.3 Å². The van der Waals surface area contributed by atoms with E-state index in [4.69, 9.17) is 21.1 Å². The van der Waals surface area contributed by atoms with Crippen molar-refractivity contribution in [3.63, 3.8) is 0 Å². The molecule has 7 nitrogen and oxygen atoms in total. The van der Waals surface area contributed by atoms with E-state index in [0.29, 0.717) is 34.7 Å². The number of halogens is 1. The molecule has 4 aliphatic carbocycles. The highest BCUT2D eigenvalue weighted by molar-refractivity contribution is 6.31. The smallest absolute Gasteiger partial charge is 0.312 e. The van der Waals surface area contributed by atoms with Crippen LogP contribution in [0.1, 0.15) is 45.4 Å². The number of rotatable bonds is 6. The summed E-state index contributed by atoms with van der Waals surface area (Å²) in [5.41, 5.74) is -0.503. The fraction of sp³-hybridized carbons (Fsp3) is 0.591. The van der Waals surface area contributed by atoms with Gasteiger partial charge in [0.15, 0.2) is 6.61 Å². The Morgan fingerprint density at radius 1 is 1.17 bits per heavy atom. The van der Waals surface area contributed by atoms with Crippen molar-refractivity contribution in [3.8, 4) is 5.75 Å². The van der Waals surface area contributed by atoms with Gasteiger partial charge in [-0.2, -0.15) is 0 Å². The van der Waals surface area contributed by atoms with Crippen molar-refractivity contribution < 1.29 is 23.9 Å². The summed E-state index contributed by atoms with van der Waals surface area (Å²) in [6.07, 6.45) is 5.09. The highest BCUT2D eigenvalue weighted by atomic mass is 35.5. The van der Waals surface area contributed by atoms with Crippen molar-refractivity contribution >= 4 is 35.1 Å². The molecule has 2 unspecified atom stereocenters. The third-order valence-corrected chi connectivity index (χ3v) is 6.94. The quantitative estimate of drug-likeness (QED) is 0.670. The minimum absolute atomic E-state index is 0.0599. The van der Waals surface area contributed by atoms with E-state index >= 15 is 0 Å². The van der Waals surface area contributed by atoms with Gasteiger partial charge in [0.05, 0.1) is 18.2 Å². The van der Waals surface area contributed by atoms with E-state index in [-0.39, 0.29) is 24.0 Å². The first kappa shape index (κ1) is 21.0. The van der Waals surface area contributed by atoms with Crippen LogP contribution in [0.4, 0.5) is 5.69 Å². The van der Waals surface area contributed by atoms with Crippen LogP contribution < -0.4 is 15.4 Å². The molecule has 0 aliphatic heterocycles. The maximum Gasteiger partial charge on any atom is 0.312 e. The highest BCUT2D eigenvalue weighted by Gasteiger charge is 2.61. The first-order valence-electron chi connectivity index (χ1n) is 10.3. The number of nitrogens with one attached hydrogen (secondary N) is 2. The summed E-state index contributed by atoms with van der Waals surface area (Å²) in [6, 6.07) is 4.89. The van der Waals surface area contributed by atoms with Crippen LogP contribution in [0, 0.1) is 17.3 Å². The average Bonchev–Trinajstić information content (AvgIpc) is 2.64. The molecule has 5 rings (SSSR count). The highest BCUT2D eigenvalue weighted by Crippen LogP contribution is 2.62. The second-order valence-electron chi connectivity index (χ2n) is 9.17. The van der Waals surface area contributed by atoms with Crippen LogP contribution in [-0.4, -0.2) is 37.0 Å². The number of ether oxygens (including phenoxy) is 2. The average molecular weight is 435 g/mol. The number of benzene rings is 1. The lowest BCUT2D eigenvalue weighted by Crippen LogP contribution is -2.64. The summed E-state index contributed by atoms with van der Waals surface area (Å²) in [5, 5.41) is 6.27. The molecule has 30 heavy (non-hydrogen) atoms. The number of carbonyl (C=O) groups is 3. The molecule has 0 heterocycles. The molecule has 4 atom stereocenters. The Kier molecular flexibility index (Phi) is 5.43. The Balaban J connectivity index is 1.41. The third kappa shape index (κ3) is 4.00. The predicted octanol–water partition coefficient (Wildman–Crippen LogP) is 3.31. The third-order valence-electron chi connectivity index (χ3n) is 6.71. The molecule has 0 aromatic heterocycles. The molecule has 0 saturated heterocycles. The number of anilines is 1. The van der Waals surface area contributed by atoms with Crippen LogP contribution >= 0.6 is 11.6 Å². The summed E-state index contributed by atoms with van der Waals surface area (Å²) < 4.78 is 10.7. The number of amides is 2. The van der Waals surface area contributed by atoms with E-state index in [0.717, 1.165) is 32.1 Å². The van der Waals surface area contributed by atoms with Gasteiger partial charge in [-0.05, 0) is 68.6 Å². The van der Waals surface area contributed by atoms with Gasteiger partial charge in [0.1, 0.15) is 5.75 Å². The summed E-state index contributed by atoms with van der Waals surface area (Å²) in [6.45, 7) is 1.15. The fourth-order valence-corrected chi connectivity index (χ4v) is 6.44. The molecule has 8 heteroatoms. The summed E-state index contributed by atoms with van der Waals surface area (Å²) in [5.74, 6) is 0.447. The first-order chi connectivity index (χ1) is 14.2. The van der Waals surface area contributed by atoms with Gasteiger partial charge in [0.2, 0.25) is 5.91 Å². The second kappa shape index (κ2) is 7.76. The van der Waals surface area contributed by atoms with Gasteiger partial charge in [-0.3, -0.25) is 14.4 Å². The molecule has 162 valence electrons. The lowest BCUT2D eigenvalue weighted by molar-refractivity contribution is -0.176. The van der Waals surface area contributed by atoms with E-state index in [2.05, 4.69) is 10.6 Å². The van der Waals surface area contributed by atoms with Gasteiger partial charge in [-0.25, -0.2) is 0 Å². The largest absolute Gasteiger partial charge is 0.495 e. The Morgan fingerprint density at radius 2 is 1.87 bits per heavy atom. The van der Waals surface area contributed by atoms with Crippen molar-refractivity contribution in [2.75, 3.05) is 19.0 Å². The molecule has 4 saturated carbocycles. The number of esters is 1. The number of hydrogen-bond acceptors (Lipinski definition) is 5. The van der Waals surface area contributed by atoms with Crippen molar-refractivity contribution in [1.82, 2.24) is 5.32 Å². The lowest BCUT2D eigenvalue weighted by Gasteiger charge is -2.60. The van der Waals surface area contributed by atoms with Crippen LogP contribution in [0.3, 0.4) is 0 Å². The van der Waals surface area contributed by atoms with Gasteiger partial charge < -0.3 is 20.1 Å². The Bertz CT molecular complexity index is 872. The Hall–Kier alpha value is -2.28. The number of carbonyl (C=O) groups excluding carboxylic acids is 3. The van der Waals surface area contributed by atoms with Gasteiger partial charge in [0, 0.05) is 17.5 Å². The number of hydrogen-bond donors (Lipinski definition) is 2. The van der Waals surface area contributed by atoms with Crippen LogP contribution in [0.5, 0.6) is 5.75 Å². The standard InChI is InChI=1S/C22H27ClN2O5/c1-13(26)25-22-9-14-5-15(10-22)8-21(7-14,12-22)20(28)30-11-19(27)24-17-6-16(23)3-4-18(17)29-2/h3-4,6,14-15H,5,7-12H2,1-2H3,(H,24,27)(H,25,26)/t14-,15+,21?,22?. The number of methoxy groups -OCH3 is 1. The van der Waals surface area contributed by atoms with E-state index in [1.165, 1.54) is 14.0 Å². The van der Waals surface area contributed by atoms with Crippen LogP contribution in [-0.2, 0) is 19.1 Å². The normalized spacial score (nSPS) is 31.2. The molecule has 4 fully saturated rings. The minimum Gasteiger partial charge on any atom is -0.495 e. The molecule has 0 spiro atoms. The van der Waals surface area contributed by atoms with Crippen LogP contribution in [0.25, 0.3) is 0 Å². The van der Waals surface area contributed by atoms with Gasteiger partial charge in [0.25, 0.3) is 5.91 Å². The Morgan fingerprint density at radius 3 is 2.50 bits per heavy atom. The SMILES string of the molecule is COc1ccc(Cl)cc1NC(=O)COC(=O)C12C[C@@H]3C[C@@H](CC(NC(C)=O)(C3)C1)C2. The van der Waals surface area contributed by atoms with Gasteiger partial charge in [-0.1, -0.05) is 11.6 Å². The molecular weight excluding hydrogens is 408 g/mol. The first-order valence-corrected chi connectivity index (χ1v) is 10.7. The Labute approximate surface area is 180 Å². The summed E-state index contributed by atoms with van der Waals surface area (Å²) in [4.78, 5) is 37.3. The van der Waals surface area contributed by atoms with Crippen LogP contribution in [0.2, 0.25) is 5.02 Å². The van der Waals surface area contributed by atoms with Crippen molar-refractivity contribution in [3.05, 3.63) is 23.2 Å². The minimum atomic E-state index is -0.611. The monoisotopic (exact) mass is 434 g/mol. The summed E-state index contributed by atoms with van der Waals surface area (Å²) >= 11 is 5.99. The molecule has 0 radical (unpaired) electrons. The molecule has 2 N–H and O–H groups in total. The molecule has 1 aromatic carbocycles. The van der Waals surface area contributed by atoms with E-state index in [9.17, 15) is 14.4 Å². The molecular formula is C22H27ClN2O5. The predicted molar refractivity (Wildman–Crippen MR) is 111 cm³/mol. The zero-order chi connectivity index (χ0) is 21.5. The maximum absolute atomic E-state index is 13.1. The van der Waals surface area contributed by atoms with Crippen LogP contribution in [0.15, 0.2) is 18.2 Å². The molecule has 4 bridgehead atoms.